The number of H-pyrrole nitrogens is 1. The van der Waals surface area contributed by atoms with Crippen LogP contribution >= 0.6 is 0 Å². The van der Waals surface area contributed by atoms with Crippen LogP contribution in [0.5, 0.6) is 0 Å². The van der Waals surface area contributed by atoms with Crippen LogP contribution in [0.25, 0.3) is 11.1 Å². The Morgan fingerprint density at radius 2 is 2.42 bits per heavy atom. The molecule has 0 aliphatic heterocycles. The zero-order valence-electron chi connectivity index (χ0n) is 6.42. The van der Waals surface area contributed by atoms with E-state index < -0.39 is 5.76 Å². The lowest BCUT2D eigenvalue weighted by molar-refractivity contribution is 0.555. The van der Waals surface area contributed by atoms with Crippen molar-refractivity contribution in [2.24, 2.45) is 0 Å². The number of oxazole rings is 1. The Hall–Kier alpha value is -1.78. The lowest BCUT2D eigenvalue weighted by atomic mass is 10.3. The number of hydrogen-bond donors (Lipinski definition) is 2. The smallest absolute Gasteiger partial charge is 0.404 e. The molecule has 0 radical (unpaired) electrons. The second-order valence-corrected chi connectivity index (χ2v) is 2.54. The maximum atomic E-state index is 10.7. The minimum absolute atomic E-state index is 0.239. The third-order valence-electron chi connectivity index (χ3n) is 1.56. The van der Waals surface area contributed by atoms with Crippen LogP contribution < -0.4 is 11.5 Å². The Labute approximate surface area is 67.2 Å². The molecule has 0 spiro atoms. The normalized spacial score (nSPS) is 10.8. The van der Waals surface area contributed by atoms with Gasteiger partial charge in [-0.05, 0) is 13.0 Å². The predicted molar refractivity (Wildman–Crippen MR) is 43.8 cm³/mol. The Kier molecular flexibility index (Phi) is 1.21. The van der Waals surface area contributed by atoms with Gasteiger partial charge in [0, 0.05) is 5.69 Å². The largest absolute Gasteiger partial charge is 0.417 e. The molecule has 5 heteroatoms. The van der Waals surface area contributed by atoms with Crippen LogP contribution in [0.15, 0.2) is 15.3 Å². The molecule has 0 amide bonds. The highest BCUT2D eigenvalue weighted by atomic mass is 16.4. The average Bonchev–Trinajstić information content (AvgIpc) is 2.29. The number of aromatic amines is 1. The van der Waals surface area contributed by atoms with Crippen LogP contribution in [-0.2, 0) is 0 Å². The number of aryl methyl sites for hydroxylation is 1. The van der Waals surface area contributed by atoms with E-state index in [9.17, 15) is 4.79 Å². The van der Waals surface area contributed by atoms with E-state index in [0.29, 0.717) is 11.1 Å². The maximum Gasteiger partial charge on any atom is 0.417 e. The average molecular weight is 165 g/mol. The SMILES string of the molecule is Cc1cc2[nH]c(=O)oc2c(N)n1. The van der Waals surface area contributed by atoms with Gasteiger partial charge in [-0.1, -0.05) is 0 Å². The maximum absolute atomic E-state index is 10.7. The van der Waals surface area contributed by atoms with Gasteiger partial charge >= 0.3 is 5.76 Å². The molecule has 0 aliphatic carbocycles. The first-order chi connectivity index (χ1) is 5.66. The van der Waals surface area contributed by atoms with Crippen molar-refractivity contribution in [1.82, 2.24) is 9.97 Å². The van der Waals surface area contributed by atoms with Crippen molar-refractivity contribution in [3.05, 3.63) is 22.3 Å². The van der Waals surface area contributed by atoms with E-state index in [2.05, 4.69) is 9.97 Å². The molecule has 2 aromatic heterocycles. The Bertz CT molecular complexity index is 483. The fraction of sp³-hybridized carbons (Fsp3) is 0.143. The Balaban J connectivity index is 2.97. The number of rotatable bonds is 0. The summed E-state index contributed by atoms with van der Waals surface area (Å²) in [6.45, 7) is 1.79. The molecule has 5 nitrogen and oxygen atoms in total. The highest BCUT2D eigenvalue weighted by molar-refractivity contribution is 5.82. The van der Waals surface area contributed by atoms with E-state index in [1.807, 2.05) is 0 Å². The molecule has 2 aromatic rings. The molecular formula is C7H7N3O2. The molecule has 2 rings (SSSR count). The third-order valence-corrected chi connectivity index (χ3v) is 1.56. The zero-order chi connectivity index (χ0) is 8.72. The van der Waals surface area contributed by atoms with Gasteiger partial charge in [0.2, 0.25) is 0 Å². The summed E-state index contributed by atoms with van der Waals surface area (Å²) in [7, 11) is 0. The summed E-state index contributed by atoms with van der Waals surface area (Å²) in [5.74, 6) is -0.271. The van der Waals surface area contributed by atoms with Crippen LogP contribution in [-0.4, -0.2) is 9.97 Å². The summed E-state index contributed by atoms with van der Waals surface area (Å²) in [5.41, 5.74) is 7.17. The van der Waals surface area contributed by atoms with Gasteiger partial charge < -0.3 is 10.2 Å². The van der Waals surface area contributed by atoms with E-state index in [-0.39, 0.29) is 5.82 Å². The Morgan fingerprint density at radius 1 is 1.67 bits per heavy atom. The van der Waals surface area contributed by atoms with E-state index in [1.165, 1.54) is 0 Å². The van der Waals surface area contributed by atoms with Crippen molar-refractivity contribution in [1.29, 1.82) is 0 Å². The van der Waals surface area contributed by atoms with Crippen LogP contribution in [0.1, 0.15) is 5.69 Å². The number of nitrogens with one attached hydrogen (secondary N) is 1. The van der Waals surface area contributed by atoms with E-state index in [1.54, 1.807) is 13.0 Å². The minimum atomic E-state index is -0.510. The topological polar surface area (TPSA) is 84.9 Å². The van der Waals surface area contributed by atoms with E-state index in [0.717, 1.165) is 5.69 Å². The van der Waals surface area contributed by atoms with Gasteiger partial charge in [0.1, 0.15) is 0 Å². The molecule has 0 aliphatic rings. The molecule has 3 N–H and O–H groups in total. The second-order valence-electron chi connectivity index (χ2n) is 2.54. The molecule has 12 heavy (non-hydrogen) atoms. The highest BCUT2D eigenvalue weighted by Crippen LogP contribution is 2.15. The van der Waals surface area contributed by atoms with Crippen molar-refractivity contribution in [3.63, 3.8) is 0 Å². The van der Waals surface area contributed by atoms with Gasteiger partial charge in [-0.15, -0.1) is 0 Å². The van der Waals surface area contributed by atoms with E-state index >= 15 is 0 Å². The van der Waals surface area contributed by atoms with Crippen molar-refractivity contribution >= 4 is 16.9 Å². The summed E-state index contributed by atoms with van der Waals surface area (Å²) >= 11 is 0. The fourth-order valence-electron chi connectivity index (χ4n) is 1.11. The summed E-state index contributed by atoms with van der Waals surface area (Å²) in [6, 6.07) is 1.70. The molecular weight excluding hydrogens is 158 g/mol. The monoisotopic (exact) mass is 165 g/mol. The third kappa shape index (κ3) is 0.868. The van der Waals surface area contributed by atoms with Gasteiger partial charge in [-0.3, -0.25) is 4.98 Å². The van der Waals surface area contributed by atoms with Gasteiger partial charge in [0.25, 0.3) is 0 Å². The summed E-state index contributed by atoms with van der Waals surface area (Å²) in [5, 5.41) is 0. The van der Waals surface area contributed by atoms with Crippen molar-refractivity contribution in [2.75, 3.05) is 5.73 Å². The number of nitrogens with two attached hydrogens (primary N) is 1. The lowest BCUT2D eigenvalue weighted by Gasteiger charge is -1.94. The number of fused-ring (bicyclic) bond motifs is 1. The number of pyridine rings is 1. The van der Waals surface area contributed by atoms with Crippen LogP contribution in [0, 0.1) is 6.92 Å². The second kappa shape index (κ2) is 2.10. The fourth-order valence-corrected chi connectivity index (χ4v) is 1.11. The van der Waals surface area contributed by atoms with Crippen molar-refractivity contribution < 1.29 is 4.42 Å². The number of nitrogens with zero attached hydrogens (tertiary/aromatic N) is 1. The van der Waals surface area contributed by atoms with Gasteiger partial charge in [-0.25, -0.2) is 9.78 Å². The first-order valence-electron chi connectivity index (χ1n) is 3.43. The molecule has 0 atom stereocenters. The molecule has 62 valence electrons. The highest BCUT2D eigenvalue weighted by Gasteiger charge is 2.05. The van der Waals surface area contributed by atoms with Crippen molar-refractivity contribution in [2.45, 2.75) is 6.92 Å². The number of nitrogen functional groups attached to an aromatic ring is 1. The number of hydrogen-bond acceptors (Lipinski definition) is 4. The lowest BCUT2D eigenvalue weighted by Crippen LogP contribution is -1.92. The summed E-state index contributed by atoms with van der Waals surface area (Å²) in [6.07, 6.45) is 0. The van der Waals surface area contributed by atoms with Crippen LogP contribution in [0.4, 0.5) is 5.82 Å². The number of anilines is 1. The summed E-state index contributed by atoms with van der Waals surface area (Å²) < 4.78 is 4.76. The molecule has 0 saturated heterocycles. The zero-order valence-corrected chi connectivity index (χ0v) is 6.42. The quantitative estimate of drug-likeness (QED) is 0.592. The molecule has 2 heterocycles. The molecule has 0 aromatic carbocycles. The summed E-state index contributed by atoms with van der Waals surface area (Å²) in [4.78, 5) is 17.2. The van der Waals surface area contributed by atoms with Crippen molar-refractivity contribution in [3.8, 4) is 0 Å². The first-order valence-corrected chi connectivity index (χ1v) is 3.43. The molecule has 0 saturated carbocycles. The van der Waals surface area contributed by atoms with Crippen LogP contribution in [0.2, 0.25) is 0 Å². The predicted octanol–water partition coefficient (Wildman–Crippen LogP) is 0.407. The standard InChI is InChI=1S/C7H7N3O2/c1-3-2-4-5(6(8)9-3)12-7(11)10-4/h2H,1H3,(H2,8,9)(H,10,11). The molecule has 0 fully saturated rings. The van der Waals surface area contributed by atoms with Gasteiger partial charge in [0.05, 0.1) is 5.52 Å². The minimum Gasteiger partial charge on any atom is -0.404 e. The van der Waals surface area contributed by atoms with Crippen LogP contribution in [0.3, 0.4) is 0 Å². The molecule has 0 unspecified atom stereocenters. The van der Waals surface area contributed by atoms with Gasteiger partial charge in [0.15, 0.2) is 11.4 Å². The Morgan fingerprint density at radius 3 is 3.17 bits per heavy atom. The van der Waals surface area contributed by atoms with E-state index in [4.69, 9.17) is 10.2 Å². The van der Waals surface area contributed by atoms with Gasteiger partial charge in [-0.2, -0.15) is 0 Å². The first kappa shape index (κ1) is 6.90. The number of aromatic nitrogens is 2. The molecule has 0 bridgehead atoms.